The Morgan fingerprint density at radius 2 is 2.29 bits per heavy atom. The molecule has 0 aliphatic carbocycles. The van der Waals surface area contributed by atoms with Crippen molar-refractivity contribution in [3.63, 3.8) is 0 Å². The number of nitrogens with zero attached hydrogens (tertiary/aromatic N) is 3. The highest BCUT2D eigenvalue weighted by Crippen LogP contribution is 2.10. The van der Waals surface area contributed by atoms with E-state index in [1.165, 1.54) is 11.8 Å². The smallest absolute Gasteiger partial charge is 0.246 e. The molecule has 0 bridgehead atoms. The van der Waals surface area contributed by atoms with Crippen molar-refractivity contribution < 1.29 is 9.32 Å². The van der Waals surface area contributed by atoms with Crippen molar-refractivity contribution in [2.45, 2.75) is 38.5 Å². The molecule has 1 heterocycles. The van der Waals surface area contributed by atoms with Gasteiger partial charge in [-0.2, -0.15) is 16.7 Å². The Morgan fingerprint density at radius 1 is 1.59 bits per heavy atom. The Hall–Kier alpha value is -1.04. The molecular weight excluding hydrogens is 238 g/mol. The van der Waals surface area contributed by atoms with Gasteiger partial charge in [-0.15, -0.1) is 0 Å². The predicted molar refractivity (Wildman–Crippen MR) is 67.7 cm³/mol. The molecule has 1 amide bonds. The maximum absolute atomic E-state index is 11.8. The summed E-state index contributed by atoms with van der Waals surface area (Å²) < 4.78 is 5.09. The summed E-state index contributed by atoms with van der Waals surface area (Å²) in [5.74, 6) is 1.28. The molecular formula is C11H19N3O2S. The molecule has 0 saturated carbocycles. The van der Waals surface area contributed by atoms with E-state index in [1.807, 2.05) is 13.2 Å². The standard InChI is InChI=1S/C11H19N3O2S/c1-5-6-9-12-10(16-13-9)7-14(3)11(15)8(2)17-4/h8H,5-7H2,1-4H3. The number of carbonyl (C=O) groups excluding carboxylic acids is 1. The lowest BCUT2D eigenvalue weighted by Crippen LogP contribution is -2.32. The molecule has 1 atom stereocenters. The number of thioether (sulfide) groups is 1. The molecule has 0 aromatic carbocycles. The van der Waals surface area contributed by atoms with Gasteiger partial charge in [-0.3, -0.25) is 4.79 Å². The van der Waals surface area contributed by atoms with Gasteiger partial charge < -0.3 is 9.42 Å². The molecule has 96 valence electrons. The average molecular weight is 257 g/mol. The number of hydrogen-bond acceptors (Lipinski definition) is 5. The Balaban J connectivity index is 2.55. The Kier molecular flexibility index (Phi) is 5.47. The van der Waals surface area contributed by atoms with Crippen LogP contribution < -0.4 is 0 Å². The monoisotopic (exact) mass is 257 g/mol. The van der Waals surface area contributed by atoms with Crippen molar-refractivity contribution in [3.8, 4) is 0 Å². The Labute approximate surface area is 106 Å². The first-order chi connectivity index (χ1) is 8.08. The minimum Gasteiger partial charge on any atom is -0.337 e. The van der Waals surface area contributed by atoms with Crippen LogP contribution >= 0.6 is 11.8 Å². The van der Waals surface area contributed by atoms with Gasteiger partial charge in [0.05, 0.1) is 11.8 Å². The van der Waals surface area contributed by atoms with Crippen LogP contribution in [0, 0.1) is 0 Å². The fourth-order valence-corrected chi connectivity index (χ4v) is 1.75. The van der Waals surface area contributed by atoms with Crippen LogP contribution in [0.1, 0.15) is 32.0 Å². The Morgan fingerprint density at radius 3 is 2.88 bits per heavy atom. The highest BCUT2D eigenvalue weighted by atomic mass is 32.2. The molecule has 0 spiro atoms. The molecule has 0 aliphatic rings. The van der Waals surface area contributed by atoms with Crippen molar-refractivity contribution >= 4 is 17.7 Å². The average Bonchev–Trinajstić information content (AvgIpc) is 2.75. The summed E-state index contributed by atoms with van der Waals surface area (Å²) in [6.45, 7) is 4.33. The van der Waals surface area contributed by atoms with Gasteiger partial charge in [0.1, 0.15) is 0 Å². The fraction of sp³-hybridized carbons (Fsp3) is 0.727. The van der Waals surface area contributed by atoms with E-state index in [4.69, 9.17) is 4.52 Å². The summed E-state index contributed by atoms with van der Waals surface area (Å²) in [6.07, 6.45) is 3.71. The molecule has 0 fully saturated rings. The number of aromatic nitrogens is 2. The van der Waals surface area contributed by atoms with Crippen molar-refractivity contribution in [2.75, 3.05) is 13.3 Å². The van der Waals surface area contributed by atoms with Crippen LogP contribution in [-0.2, 0) is 17.8 Å². The quantitative estimate of drug-likeness (QED) is 0.776. The van der Waals surface area contributed by atoms with Gasteiger partial charge in [0.15, 0.2) is 5.82 Å². The van der Waals surface area contributed by atoms with Gasteiger partial charge in [0.2, 0.25) is 11.8 Å². The summed E-state index contributed by atoms with van der Waals surface area (Å²) in [4.78, 5) is 17.7. The Bertz CT molecular complexity index is 367. The molecule has 1 aromatic heterocycles. The van der Waals surface area contributed by atoms with E-state index in [9.17, 15) is 4.79 Å². The number of rotatable bonds is 6. The zero-order chi connectivity index (χ0) is 12.8. The zero-order valence-corrected chi connectivity index (χ0v) is 11.6. The van der Waals surface area contributed by atoms with Gasteiger partial charge in [-0.05, 0) is 19.6 Å². The molecule has 0 N–H and O–H groups in total. The van der Waals surface area contributed by atoms with Gasteiger partial charge in [-0.1, -0.05) is 12.1 Å². The normalized spacial score (nSPS) is 12.5. The minimum absolute atomic E-state index is 0.0435. The number of aryl methyl sites for hydroxylation is 1. The largest absolute Gasteiger partial charge is 0.337 e. The van der Waals surface area contributed by atoms with Crippen molar-refractivity contribution in [3.05, 3.63) is 11.7 Å². The first kappa shape index (κ1) is 14.0. The summed E-state index contributed by atoms with van der Waals surface area (Å²) >= 11 is 1.53. The van der Waals surface area contributed by atoms with Crippen LogP contribution in [0.15, 0.2) is 4.52 Å². The maximum Gasteiger partial charge on any atom is 0.246 e. The summed E-state index contributed by atoms with van der Waals surface area (Å²) in [7, 11) is 1.75. The van der Waals surface area contributed by atoms with Crippen LogP contribution in [0.2, 0.25) is 0 Å². The molecule has 1 rings (SSSR count). The molecule has 5 nitrogen and oxygen atoms in total. The summed E-state index contributed by atoms with van der Waals surface area (Å²) in [6, 6.07) is 0. The van der Waals surface area contributed by atoms with Crippen molar-refractivity contribution in [2.24, 2.45) is 0 Å². The van der Waals surface area contributed by atoms with Crippen LogP contribution in [0.5, 0.6) is 0 Å². The van der Waals surface area contributed by atoms with Gasteiger partial charge in [0, 0.05) is 13.5 Å². The lowest BCUT2D eigenvalue weighted by Gasteiger charge is -2.18. The highest BCUT2D eigenvalue weighted by Gasteiger charge is 2.18. The SMILES string of the molecule is CCCc1noc(CN(C)C(=O)C(C)SC)n1. The third-order valence-electron chi connectivity index (χ3n) is 2.43. The number of amides is 1. The van der Waals surface area contributed by atoms with Crippen molar-refractivity contribution in [1.82, 2.24) is 15.0 Å². The second-order valence-electron chi connectivity index (χ2n) is 3.93. The molecule has 0 saturated heterocycles. The van der Waals surface area contributed by atoms with Crippen LogP contribution in [0.25, 0.3) is 0 Å². The minimum atomic E-state index is -0.0435. The third kappa shape index (κ3) is 4.03. The van der Waals surface area contributed by atoms with E-state index in [0.717, 1.165) is 12.8 Å². The first-order valence-corrected chi connectivity index (χ1v) is 6.96. The zero-order valence-electron chi connectivity index (χ0n) is 10.8. The lowest BCUT2D eigenvalue weighted by molar-refractivity contribution is -0.129. The maximum atomic E-state index is 11.8. The predicted octanol–water partition coefficient (Wildman–Crippen LogP) is 1.73. The fourth-order valence-electron chi connectivity index (χ4n) is 1.37. The van der Waals surface area contributed by atoms with Crippen molar-refractivity contribution in [1.29, 1.82) is 0 Å². The highest BCUT2D eigenvalue weighted by molar-refractivity contribution is 7.99. The summed E-state index contributed by atoms with van der Waals surface area (Å²) in [5.41, 5.74) is 0. The van der Waals surface area contributed by atoms with E-state index in [0.29, 0.717) is 18.3 Å². The molecule has 6 heteroatoms. The van der Waals surface area contributed by atoms with Crippen LogP contribution in [0.3, 0.4) is 0 Å². The number of hydrogen-bond donors (Lipinski definition) is 0. The topological polar surface area (TPSA) is 59.2 Å². The van der Waals surface area contributed by atoms with E-state index in [1.54, 1.807) is 11.9 Å². The van der Waals surface area contributed by atoms with Gasteiger partial charge in [0.25, 0.3) is 0 Å². The molecule has 0 aliphatic heterocycles. The van der Waals surface area contributed by atoms with Gasteiger partial charge in [-0.25, -0.2) is 0 Å². The third-order valence-corrected chi connectivity index (χ3v) is 3.34. The van der Waals surface area contributed by atoms with E-state index in [-0.39, 0.29) is 11.2 Å². The molecule has 1 aromatic rings. The number of carbonyl (C=O) groups is 1. The molecule has 1 unspecified atom stereocenters. The van der Waals surface area contributed by atoms with E-state index in [2.05, 4.69) is 17.1 Å². The van der Waals surface area contributed by atoms with E-state index >= 15 is 0 Å². The second-order valence-corrected chi connectivity index (χ2v) is 5.11. The van der Waals surface area contributed by atoms with Crippen LogP contribution in [-0.4, -0.2) is 39.5 Å². The van der Waals surface area contributed by atoms with E-state index < -0.39 is 0 Å². The molecule has 17 heavy (non-hydrogen) atoms. The lowest BCUT2D eigenvalue weighted by atomic mass is 10.3. The summed E-state index contributed by atoms with van der Waals surface area (Å²) in [5, 5.41) is 3.81. The van der Waals surface area contributed by atoms with Crippen LogP contribution in [0.4, 0.5) is 0 Å². The first-order valence-electron chi connectivity index (χ1n) is 5.67. The second kappa shape index (κ2) is 6.64. The van der Waals surface area contributed by atoms with Gasteiger partial charge >= 0.3 is 0 Å². The molecule has 0 radical (unpaired) electrons.